The number of hydrogen-bond acceptors (Lipinski definition) is 0. The van der Waals surface area contributed by atoms with Crippen molar-refractivity contribution >= 4 is 0 Å². The predicted octanol–water partition coefficient (Wildman–Crippen LogP) is 5.35. The lowest BCUT2D eigenvalue weighted by atomic mass is 9.99. The molecule has 0 saturated carbocycles. The summed E-state index contributed by atoms with van der Waals surface area (Å²) in [7, 11) is 0. The SMILES string of the molecule is CCCCCCCCn1cc[n+](CC(CC)CCCC)c1. The maximum absolute atomic E-state index is 2.39. The maximum Gasteiger partial charge on any atom is 0.243 e. The van der Waals surface area contributed by atoms with Gasteiger partial charge in [-0.3, -0.25) is 0 Å². The van der Waals surface area contributed by atoms with Crippen LogP contribution in [0.5, 0.6) is 0 Å². The number of imidazole rings is 1. The average Bonchev–Trinajstić information content (AvgIpc) is 2.94. The van der Waals surface area contributed by atoms with Crippen LogP contribution in [0.15, 0.2) is 18.7 Å². The highest BCUT2D eigenvalue weighted by atomic mass is 15.1. The largest absolute Gasteiger partial charge is 0.243 e. The van der Waals surface area contributed by atoms with Crippen LogP contribution in [0.4, 0.5) is 0 Å². The lowest BCUT2D eigenvalue weighted by molar-refractivity contribution is -0.703. The normalized spacial score (nSPS) is 12.7. The first kappa shape index (κ1) is 18.3. The molecule has 1 aromatic heterocycles. The van der Waals surface area contributed by atoms with E-state index >= 15 is 0 Å². The molecule has 0 bridgehead atoms. The second kappa shape index (κ2) is 11.8. The Morgan fingerprint density at radius 2 is 1.62 bits per heavy atom. The van der Waals surface area contributed by atoms with Crippen LogP contribution in [-0.4, -0.2) is 4.57 Å². The molecule has 0 aromatic carbocycles. The minimum absolute atomic E-state index is 0.847. The molecule has 0 radical (unpaired) electrons. The lowest BCUT2D eigenvalue weighted by Crippen LogP contribution is -2.35. The first-order valence-electron chi connectivity index (χ1n) is 9.34. The number of aryl methyl sites for hydroxylation is 1. The third-order valence-electron chi connectivity index (χ3n) is 4.53. The third kappa shape index (κ3) is 8.28. The zero-order chi connectivity index (χ0) is 15.3. The highest BCUT2D eigenvalue weighted by Gasteiger charge is 2.11. The van der Waals surface area contributed by atoms with Crippen molar-refractivity contribution in [3.8, 4) is 0 Å². The molecular weight excluding hydrogens is 256 g/mol. The molecule has 0 amide bonds. The van der Waals surface area contributed by atoms with Gasteiger partial charge in [-0.15, -0.1) is 0 Å². The van der Waals surface area contributed by atoms with Crippen LogP contribution < -0.4 is 4.57 Å². The summed E-state index contributed by atoms with van der Waals surface area (Å²) >= 11 is 0. The number of hydrogen-bond donors (Lipinski definition) is 0. The van der Waals surface area contributed by atoms with Gasteiger partial charge in [0.1, 0.15) is 12.4 Å². The van der Waals surface area contributed by atoms with E-state index in [1.807, 2.05) is 0 Å². The fraction of sp³-hybridized carbons (Fsp3) is 0.842. The summed E-state index contributed by atoms with van der Waals surface area (Å²) in [5.74, 6) is 0.847. The van der Waals surface area contributed by atoms with E-state index in [9.17, 15) is 0 Å². The van der Waals surface area contributed by atoms with Crippen molar-refractivity contribution in [1.82, 2.24) is 4.57 Å². The Bertz CT molecular complexity index is 343. The van der Waals surface area contributed by atoms with E-state index in [0.717, 1.165) is 5.92 Å². The van der Waals surface area contributed by atoms with Crippen LogP contribution in [0.2, 0.25) is 0 Å². The fourth-order valence-corrected chi connectivity index (χ4v) is 2.97. The van der Waals surface area contributed by atoms with Crippen molar-refractivity contribution in [3.05, 3.63) is 18.7 Å². The molecule has 0 saturated heterocycles. The van der Waals surface area contributed by atoms with Gasteiger partial charge < -0.3 is 0 Å². The first-order chi connectivity index (χ1) is 10.3. The Morgan fingerprint density at radius 3 is 2.33 bits per heavy atom. The summed E-state index contributed by atoms with van der Waals surface area (Å²) in [6, 6.07) is 0. The number of nitrogens with zero attached hydrogens (tertiary/aromatic N) is 2. The Balaban J connectivity index is 2.22. The van der Waals surface area contributed by atoms with E-state index < -0.39 is 0 Å². The van der Waals surface area contributed by atoms with Crippen LogP contribution in [-0.2, 0) is 13.1 Å². The molecule has 0 spiro atoms. The first-order valence-corrected chi connectivity index (χ1v) is 9.34. The number of rotatable bonds is 13. The summed E-state index contributed by atoms with van der Waals surface area (Å²) in [6.45, 7) is 9.28. The standard InChI is InChI=1S/C19H37N2/c1-4-7-9-10-11-12-14-20-15-16-21(18-20)17-19(6-3)13-8-5-2/h15-16,18-19H,4-14,17H2,1-3H3/q+1. The highest BCUT2D eigenvalue weighted by Crippen LogP contribution is 2.12. The molecule has 1 aromatic rings. The molecule has 0 aliphatic carbocycles. The number of unbranched alkanes of at least 4 members (excludes halogenated alkanes) is 6. The van der Waals surface area contributed by atoms with Crippen LogP contribution in [0.3, 0.4) is 0 Å². The van der Waals surface area contributed by atoms with E-state index in [1.54, 1.807) is 0 Å². The third-order valence-corrected chi connectivity index (χ3v) is 4.53. The van der Waals surface area contributed by atoms with E-state index in [2.05, 4.69) is 48.6 Å². The van der Waals surface area contributed by atoms with Crippen LogP contribution in [0, 0.1) is 5.92 Å². The van der Waals surface area contributed by atoms with E-state index in [-0.39, 0.29) is 0 Å². The van der Waals surface area contributed by atoms with Gasteiger partial charge in [-0.25, -0.2) is 9.13 Å². The van der Waals surface area contributed by atoms with Gasteiger partial charge in [-0.1, -0.05) is 59.3 Å². The maximum atomic E-state index is 2.39. The molecule has 2 heteroatoms. The molecule has 1 rings (SSSR count). The lowest BCUT2D eigenvalue weighted by Gasteiger charge is -2.11. The fourth-order valence-electron chi connectivity index (χ4n) is 2.97. The Labute approximate surface area is 132 Å². The van der Waals surface area contributed by atoms with Crippen molar-refractivity contribution in [2.24, 2.45) is 5.92 Å². The van der Waals surface area contributed by atoms with Crippen molar-refractivity contribution in [3.63, 3.8) is 0 Å². The molecular formula is C19H37N2+. The molecule has 2 nitrogen and oxygen atoms in total. The van der Waals surface area contributed by atoms with Gasteiger partial charge in [0.2, 0.25) is 6.33 Å². The van der Waals surface area contributed by atoms with E-state index in [1.165, 1.54) is 77.3 Å². The Hall–Kier alpha value is -0.790. The monoisotopic (exact) mass is 293 g/mol. The van der Waals surface area contributed by atoms with Gasteiger partial charge in [0.25, 0.3) is 0 Å². The summed E-state index contributed by atoms with van der Waals surface area (Å²) in [5.41, 5.74) is 0. The summed E-state index contributed by atoms with van der Waals surface area (Å²) in [4.78, 5) is 0. The van der Waals surface area contributed by atoms with Gasteiger partial charge >= 0.3 is 0 Å². The minimum atomic E-state index is 0.847. The second-order valence-corrected chi connectivity index (χ2v) is 6.53. The molecule has 0 aliphatic heterocycles. The Morgan fingerprint density at radius 1 is 0.905 bits per heavy atom. The smallest absolute Gasteiger partial charge is 0.237 e. The summed E-state index contributed by atoms with van der Waals surface area (Å²) in [5, 5.41) is 0. The molecule has 0 N–H and O–H groups in total. The summed E-state index contributed by atoms with van der Waals surface area (Å²) < 4.78 is 4.76. The van der Waals surface area contributed by atoms with Crippen molar-refractivity contribution < 1.29 is 4.57 Å². The van der Waals surface area contributed by atoms with Crippen LogP contribution in [0.25, 0.3) is 0 Å². The zero-order valence-electron chi connectivity index (χ0n) is 14.7. The van der Waals surface area contributed by atoms with Gasteiger partial charge in [0.15, 0.2) is 0 Å². The van der Waals surface area contributed by atoms with Gasteiger partial charge in [0, 0.05) is 0 Å². The highest BCUT2D eigenvalue weighted by molar-refractivity contribution is 4.67. The topological polar surface area (TPSA) is 8.81 Å². The van der Waals surface area contributed by atoms with E-state index in [4.69, 9.17) is 0 Å². The van der Waals surface area contributed by atoms with Gasteiger partial charge in [0.05, 0.1) is 13.1 Å². The molecule has 0 fully saturated rings. The van der Waals surface area contributed by atoms with Crippen LogP contribution in [0.1, 0.15) is 85.0 Å². The quantitative estimate of drug-likeness (QED) is 0.342. The zero-order valence-corrected chi connectivity index (χ0v) is 14.7. The molecule has 1 atom stereocenters. The molecule has 0 aliphatic rings. The van der Waals surface area contributed by atoms with Crippen molar-refractivity contribution in [2.75, 3.05) is 0 Å². The molecule has 1 heterocycles. The molecule has 21 heavy (non-hydrogen) atoms. The van der Waals surface area contributed by atoms with Crippen molar-refractivity contribution in [2.45, 2.75) is 98.1 Å². The molecule has 122 valence electrons. The second-order valence-electron chi connectivity index (χ2n) is 6.53. The summed E-state index contributed by atoms with van der Waals surface area (Å²) in [6.07, 6.45) is 20.5. The van der Waals surface area contributed by atoms with Gasteiger partial charge in [-0.05, 0) is 31.6 Å². The van der Waals surface area contributed by atoms with Crippen molar-refractivity contribution in [1.29, 1.82) is 0 Å². The average molecular weight is 294 g/mol. The number of aromatic nitrogens is 2. The predicted molar refractivity (Wildman–Crippen MR) is 91.3 cm³/mol. The van der Waals surface area contributed by atoms with E-state index in [0.29, 0.717) is 0 Å². The van der Waals surface area contributed by atoms with Gasteiger partial charge in [-0.2, -0.15) is 0 Å². The molecule has 1 unspecified atom stereocenters. The minimum Gasteiger partial charge on any atom is -0.237 e. The Kier molecular flexibility index (Phi) is 10.3. The van der Waals surface area contributed by atoms with Crippen LogP contribution >= 0.6 is 0 Å².